The minimum absolute atomic E-state index is 0. The van der Waals surface area contributed by atoms with Gasteiger partial charge < -0.3 is 20.5 Å². The smallest absolute Gasteiger partial charge is 0.353 e. The zero-order valence-electron chi connectivity index (χ0n) is 15.8. The highest BCUT2D eigenvalue weighted by molar-refractivity contribution is 5.90. The van der Waals surface area contributed by atoms with Crippen LogP contribution in [0.15, 0.2) is 24.3 Å². The Hall–Kier alpha value is -1.79. The van der Waals surface area contributed by atoms with Crippen molar-refractivity contribution in [3.63, 3.8) is 0 Å². The van der Waals surface area contributed by atoms with E-state index in [1.54, 1.807) is 24.3 Å². The number of ether oxygens (including phenoxy) is 1. The van der Waals surface area contributed by atoms with Crippen LogP contribution in [0.3, 0.4) is 0 Å². The standard InChI is InChI=1S/C19H30N2O4.ClH/c1-14(2)8-6-4-5-7-9-17(22)20-15-10-12-16(13-11-15)21-18(25-3)19(23)24;/h10-14,18,21H,4-9H2,1-3H3,(H,20,22)(H,23,24);1H. The van der Waals surface area contributed by atoms with E-state index in [2.05, 4.69) is 24.5 Å². The van der Waals surface area contributed by atoms with Gasteiger partial charge in [-0.1, -0.05) is 39.5 Å². The topological polar surface area (TPSA) is 87.7 Å². The summed E-state index contributed by atoms with van der Waals surface area (Å²) in [4.78, 5) is 22.8. The number of anilines is 2. The number of benzene rings is 1. The Kier molecular flexibility index (Phi) is 12.5. The summed E-state index contributed by atoms with van der Waals surface area (Å²) >= 11 is 0. The lowest BCUT2D eigenvalue weighted by molar-refractivity contribution is -0.146. The second kappa shape index (κ2) is 13.4. The number of methoxy groups -OCH3 is 1. The molecule has 0 spiro atoms. The fourth-order valence-corrected chi connectivity index (χ4v) is 2.44. The van der Waals surface area contributed by atoms with Crippen LogP contribution in [0.2, 0.25) is 0 Å². The van der Waals surface area contributed by atoms with Crippen LogP contribution >= 0.6 is 12.4 Å². The van der Waals surface area contributed by atoms with Gasteiger partial charge in [-0.2, -0.15) is 0 Å². The van der Waals surface area contributed by atoms with Crippen molar-refractivity contribution in [2.24, 2.45) is 5.92 Å². The Morgan fingerprint density at radius 1 is 1.04 bits per heavy atom. The Bertz CT molecular complexity index is 535. The Balaban J connectivity index is 0.00000625. The van der Waals surface area contributed by atoms with Crippen LogP contribution in [0.4, 0.5) is 11.4 Å². The second-order valence-corrected chi connectivity index (χ2v) is 6.57. The van der Waals surface area contributed by atoms with Gasteiger partial charge in [-0.15, -0.1) is 12.4 Å². The molecule has 1 atom stereocenters. The quantitative estimate of drug-likeness (QED) is 0.363. The van der Waals surface area contributed by atoms with Gasteiger partial charge in [-0.05, 0) is 36.6 Å². The minimum atomic E-state index is -1.10. The number of carbonyl (C=O) groups is 2. The molecule has 0 saturated carbocycles. The molecule has 0 aliphatic carbocycles. The second-order valence-electron chi connectivity index (χ2n) is 6.57. The summed E-state index contributed by atoms with van der Waals surface area (Å²) < 4.78 is 4.82. The van der Waals surface area contributed by atoms with Crippen LogP contribution in [-0.2, 0) is 14.3 Å². The number of carbonyl (C=O) groups excluding carboxylic acids is 1. The summed E-state index contributed by atoms with van der Waals surface area (Å²) in [5.41, 5.74) is 1.30. The van der Waals surface area contributed by atoms with Crippen LogP contribution in [0.1, 0.15) is 52.4 Å². The van der Waals surface area contributed by atoms with E-state index in [1.807, 2.05) is 0 Å². The first kappa shape index (κ1) is 24.2. The number of carboxylic acid groups (broad SMARTS) is 1. The molecule has 6 nitrogen and oxygen atoms in total. The molecule has 1 aromatic carbocycles. The van der Waals surface area contributed by atoms with E-state index < -0.39 is 12.2 Å². The van der Waals surface area contributed by atoms with Crippen molar-refractivity contribution in [2.75, 3.05) is 17.7 Å². The summed E-state index contributed by atoms with van der Waals surface area (Å²) in [6.45, 7) is 4.46. The molecule has 0 aromatic heterocycles. The molecule has 1 rings (SSSR count). The number of rotatable bonds is 12. The number of carboxylic acids is 1. The first-order valence-corrected chi connectivity index (χ1v) is 8.84. The maximum absolute atomic E-state index is 11.9. The fraction of sp³-hybridized carbons (Fsp3) is 0.579. The predicted molar refractivity (Wildman–Crippen MR) is 107 cm³/mol. The maximum Gasteiger partial charge on any atom is 0.353 e. The lowest BCUT2D eigenvalue weighted by atomic mass is 10.0. The summed E-state index contributed by atoms with van der Waals surface area (Å²) in [7, 11) is 1.32. The highest BCUT2D eigenvalue weighted by Gasteiger charge is 2.15. The maximum atomic E-state index is 11.9. The normalized spacial score (nSPS) is 11.5. The zero-order valence-corrected chi connectivity index (χ0v) is 16.6. The fourth-order valence-electron chi connectivity index (χ4n) is 2.44. The number of unbranched alkanes of at least 4 members (excludes halogenated alkanes) is 3. The highest BCUT2D eigenvalue weighted by atomic mass is 35.5. The van der Waals surface area contributed by atoms with Crippen molar-refractivity contribution in [1.82, 2.24) is 0 Å². The predicted octanol–water partition coefficient (Wildman–Crippen LogP) is 4.51. The van der Waals surface area contributed by atoms with Crippen molar-refractivity contribution in [3.05, 3.63) is 24.3 Å². The third-order valence-electron chi connectivity index (χ3n) is 3.86. The molecule has 0 aliphatic rings. The molecule has 1 amide bonds. The van der Waals surface area contributed by atoms with Crippen molar-refractivity contribution in [1.29, 1.82) is 0 Å². The summed E-state index contributed by atoms with van der Waals surface area (Å²) in [5.74, 6) is -0.339. The minimum Gasteiger partial charge on any atom is -0.478 e. The van der Waals surface area contributed by atoms with Crippen molar-refractivity contribution in [2.45, 2.75) is 58.6 Å². The van der Waals surface area contributed by atoms with E-state index in [1.165, 1.54) is 26.4 Å². The molecule has 0 fully saturated rings. The van der Waals surface area contributed by atoms with Crippen LogP contribution in [0.25, 0.3) is 0 Å². The summed E-state index contributed by atoms with van der Waals surface area (Å²) in [5, 5.41) is 14.5. The van der Waals surface area contributed by atoms with E-state index >= 15 is 0 Å². The lowest BCUT2D eigenvalue weighted by Crippen LogP contribution is -2.30. The Labute approximate surface area is 162 Å². The number of amides is 1. The Morgan fingerprint density at radius 3 is 2.15 bits per heavy atom. The number of nitrogens with one attached hydrogen (secondary N) is 2. The molecule has 1 aromatic rings. The van der Waals surface area contributed by atoms with Gasteiger partial charge >= 0.3 is 5.97 Å². The van der Waals surface area contributed by atoms with Crippen LogP contribution in [0, 0.1) is 5.92 Å². The van der Waals surface area contributed by atoms with Gasteiger partial charge in [-0.3, -0.25) is 4.79 Å². The molecule has 7 heteroatoms. The molecule has 0 heterocycles. The molecule has 0 saturated heterocycles. The third-order valence-corrected chi connectivity index (χ3v) is 3.86. The van der Waals surface area contributed by atoms with Gasteiger partial charge in [-0.25, -0.2) is 4.79 Å². The summed E-state index contributed by atoms with van der Waals surface area (Å²) in [6.07, 6.45) is 5.05. The van der Waals surface area contributed by atoms with E-state index in [-0.39, 0.29) is 18.3 Å². The first-order valence-electron chi connectivity index (χ1n) is 8.84. The molecule has 148 valence electrons. The number of hydrogen-bond donors (Lipinski definition) is 3. The highest BCUT2D eigenvalue weighted by Crippen LogP contribution is 2.16. The third kappa shape index (κ3) is 10.3. The molecular formula is C19H31ClN2O4. The van der Waals surface area contributed by atoms with E-state index in [9.17, 15) is 9.59 Å². The molecule has 3 N–H and O–H groups in total. The molecule has 26 heavy (non-hydrogen) atoms. The van der Waals surface area contributed by atoms with Gasteiger partial charge in [0.15, 0.2) is 0 Å². The molecule has 0 radical (unpaired) electrons. The largest absolute Gasteiger partial charge is 0.478 e. The lowest BCUT2D eigenvalue weighted by Gasteiger charge is -2.14. The van der Waals surface area contributed by atoms with Crippen molar-refractivity contribution < 1.29 is 19.4 Å². The first-order chi connectivity index (χ1) is 11.9. The van der Waals surface area contributed by atoms with Gasteiger partial charge in [0.1, 0.15) is 0 Å². The van der Waals surface area contributed by atoms with E-state index in [0.717, 1.165) is 18.8 Å². The molecule has 1 unspecified atom stereocenters. The van der Waals surface area contributed by atoms with Crippen LogP contribution in [0.5, 0.6) is 0 Å². The van der Waals surface area contributed by atoms with Crippen LogP contribution in [-0.4, -0.2) is 30.3 Å². The van der Waals surface area contributed by atoms with Crippen molar-refractivity contribution in [3.8, 4) is 0 Å². The zero-order chi connectivity index (χ0) is 18.7. The monoisotopic (exact) mass is 386 g/mol. The Morgan fingerprint density at radius 2 is 1.62 bits per heavy atom. The van der Waals surface area contributed by atoms with Gasteiger partial charge in [0.25, 0.3) is 0 Å². The number of aliphatic carboxylic acids is 1. The van der Waals surface area contributed by atoms with Crippen molar-refractivity contribution >= 4 is 35.7 Å². The molecule has 0 bridgehead atoms. The van der Waals surface area contributed by atoms with Gasteiger partial charge in [0.05, 0.1) is 0 Å². The van der Waals surface area contributed by atoms with E-state index in [4.69, 9.17) is 9.84 Å². The SMILES string of the molecule is COC(Nc1ccc(NC(=O)CCCCCCC(C)C)cc1)C(=O)O.Cl. The summed E-state index contributed by atoms with van der Waals surface area (Å²) in [6, 6.07) is 6.88. The number of hydrogen-bond acceptors (Lipinski definition) is 4. The van der Waals surface area contributed by atoms with Crippen LogP contribution < -0.4 is 10.6 Å². The average molecular weight is 387 g/mol. The average Bonchev–Trinajstić information content (AvgIpc) is 2.56. The van der Waals surface area contributed by atoms with Gasteiger partial charge in [0, 0.05) is 24.9 Å². The number of halogens is 1. The molecular weight excluding hydrogens is 356 g/mol. The van der Waals surface area contributed by atoms with Gasteiger partial charge in [0.2, 0.25) is 12.1 Å². The van der Waals surface area contributed by atoms with E-state index in [0.29, 0.717) is 17.8 Å². The molecule has 0 aliphatic heterocycles.